The van der Waals surface area contributed by atoms with Gasteiger partial charge in [0.25, 0.3) is 5.69 Å². The number of hydrogen-bond acceptors (Lipinski definition) is 5. The van der Waals surface area contributed by atoms with Gasteiger partial charge in [-0.05, 0) is 26.8 Å². The average Bonchev–Trinajstić information content (AvgIpc) is 2.67. The van der Waals surface area contributed by atoms with Gasteiger partial charge in [-0.2, -0.15) is 0 Å². The summed E-state index contributed by atoms with van der Waals surface area (Å²) in [4.78, 5) is 14.6. The molecule has 1 aliphatic heterocycles. The van der Waals surface area contributed by atoms with Crippen molar-refractivity contribution in [3.63, 3.8) is 0 Å². The van der Waals surface area contributed by atoms with Gasteiger partial charge in [0.1, 0.15) is 5.82 Å². The summed E-state index contributed by atoms with van der Waals surface area (Å²) in [6.07, 6.45) is 2.52. The predicted molar refractivity (Wildman–Crippen MR) is 65.1 cm³/mol. The van der Waals surface area contributed by atoms with Gasteiger partial charge in [-0.1, -0.05) is 0 Å². The molecule has 92 valence electrons. The molecule has 2 heterocycles. The van der Waals surface area contributed by atoms with E-state index in [0.29, 0.717) is 11.4 Å². The smallest absolute Gasteiger partial charge is 0.277 e. The molecule has 0 aromatic carbocycles. The Labute approximate surface area is 99.6 Å². The van der Waals surface area contributed by atoms with E-state index in [1.807, 2.05) is 0 Å². The van der Waals surface area contributed by atoms with Gasteiger partial charge in [0.2, 0.25) is 0 Å². The maximum absolute atomic E-state index is 10.8. The number of nitro groups is 1. The van der Waals surface area contributed by atoms with Crippen LogP contribution in [0.25, 0.3) is 0 Å². The third-order valence-corrected chi connectivity index (χ3v) is 3.07. The fourth-order valence-corrected chi connectivity index (χ4v) is 2.01. The van der Waals surface area contributed by atoms with Gasteiger partial charge in [-0.3, -0.25) is 10.1 Å². The minimum atomic E-state index is -0.378. The summed E-state index contributed by atoms with van der Waals surface area (Å²) in [6.45, 7) is 5.57. The van der Waals surface area contributed by atoms with Crippen LogP contribution in [0.15, 0.2) is 12.3 Å². The highest BCUT2D eigenvalue weighted by Gasteiger charge is 2.29. The zero-order chi connectivity index (χ0) is 12.5. The first kappa shape index (κ1) is 11.8. The molecule has 6 heteroatoms. The number of hydrogen-bond donors (Lipinski definition) is 2. The number of anilines is 1. The molecule has 0 spiro atoms. The van der Waals surface area contributed by atoms with E-state index in [0.717, 1.165) is 19.5 Å². The molecule has 1 saturated heterocycles. The molecule has 1 atom stereocenters. The first-order valence-corrected chi connectivity index (χ1v) is 5.60. The molecule has 2 rings (SSSR count). The van der Waals surface area contributed by atoms with Crippen LogP contribution in [0, 0.1) is 17.0 Å². The van der Waals surface area contributed by atoms with Crippen molar-refractivity contribution in [2.75, 3.05) is 18.4 Å². The lowest BCUT2D eigenvalue weighted by Crippen LogP contribution is -2.37. The second-order valence-electron chi connectivity index (χ2n) is 4.73. The van der Waals surface area contributed by atoms with Crippen molar-refractivity contribution >= 4 is 11.5 Å². The van der Waals surface area contributed by atoms with E-state index in [4.69, 9.17) is 0 Å². The molecule has 2 N–H and O–H groups in total. The normalized spacial score (nSPS) is 23.6. The maximum Gasteiger partial charge on any atom is 0.277 e. The van der Waals surface area contributed by atoms with Crippen LogP contribution in [-0.4, -0.2) is 28.5 Å². The van der Waals surface area contributed by atoms with E-state index >= 15 is 0 Å². The van der Waals surface area contributed by atoms with E-state index in [1.54, 1.807) is 6.92 Å². The number of rotatable bonds is 3. The van der Waals surface area contributed by atoms with Gasteiger partial charge < -0.3 is 10.6 Å². The number of pyridine rings is 1. The lowest BCUT2D eigenvalue weighted by atomic mass is 10.0. The van der Waals surface area contributed by atoms with Crippen molar-refractivity contribution in [3.05, 3.63) is 27.9 Å². The lowest BCUT2D eigenvalue weighted by molar-refractivity contribution is -0.385. The minimum Gasteiger partial charge on any atom is -0.363 e. The summed E-state index contributed by atoms with van der Waals surface area (Å²) in [5.74, 6) is 0.563. The van der Waals surface area contributed by atoms with Crippen molar-refractivity contribution < 1.29 is 4.92 Å². The standard InChI is InChI=1S/C11H16N4O2/c1-8-6-13-10(5-9(8)15(16)17)14-11(2)3-4-12-7-11/h5-6,12H,3-4,7H2,1-2H3,(H,13,14). The van der Waals surface area contributed by atoms with Crippen LogP contribution in [0.1, 0.15) is 18.9 Å². The van der Waals surface area contributed by atoms with E-state index in [1.165, 1.54) is 12.3 Å². The SMILES string of the molecule is Cc1cnc(NC2(C)CCNC2)cc1[N+](=O)[O-]. The van der Waals surface area contributed by atoms with Crippen molar-refractivity contribution in [3.8, 4) is 0 Å². The van der Waals surface area contributed by atoms with Crippen molar-refractivity contribution in [2.45, 2.75) is 25.8 Å². The first-order valence-electron chi connectivity index (χ1n) is 5.60. The van der Waals surface area contributed by atoms with Crippen LogP contribution in [0.4, 0.5) is 11.5 Å². The van der Waals surface area contributed by atoms with Crippen LogP contribution in [0.2, 0.25) is 0 Å². The molecule has 1 fully saturated rings. The fourth-order valence-electron chi connectivity index (χ4n) is 2.01. The van der Waals surface area contributed by atoms with E-state index in [9.17, 15) is 10.1 Å². The number of aromatic nitrogens is 1. The van der Waals surface area contributed by atoms with Crippen molar-refractivity contribution in [1.29, 1.82) is 0 Å². The summed E-state index contributed by atoms with van der Waals surface area (Å²) >= 11 is 0. The largest absolute Gasteiger partial charge is 0.363 e. The number of aryl methyl sites for hydroxylation is 1. The van der Waals surface area contributed by atoms with E-state index < -0.39 is 0 Å². The first-order chi connectivity index (χ1) is 8.00. The maximum atomic E-state index is 10.8. The third-order valence-electron chi connectivity index (χ3n) is 3.07. The summed E-state index contributed by atoms with van der Waals surface area (Å²) in [6, 6.07) is 1.50. The average molecular weight is 236 g/mol. The Morgan fingerprint density at radius 1 is 1.65 bits per heavy atom. The van der Waals surface area contributed by atoms with Crippen LogP contribution in [0.3, 0.4) is 0 Å². The topological polar surface area (TPSA) is 80.1 Å². The highest BCUT2D eigenvalue weighted by Crippen LogP contribution is 2.24. The second-order valence-corrected chi connectivity index (χ2v) is 4.73. The van der Waals surface area contributed by atoms with Gasteiger partial charge in [0.15, 0.2) is 0 Å². The summed E-state index contributed by atoms with van der Waals surface area (Å²) in [5, 5.41) is 17.3. The summed E-state index contributed by atoms with van der Waals surface area (Å²) in [7, 11) is 0. The zero-order valence-corrected chi connectivity index (χ0v) is 9.99. The predicted octanol–water partition coefficient (Wildman–Crippen LogP) is 1.46. The van der Waals surface area contributed by atoms with Gasteiger partial charge >= 0.3 is 0 Å². The Bertz CT molecular complexity index is 441. The van der Waals surface area contributed by atoms with Gasteiger partial charge in [0.05, 0.1) is 11.0 Å². The molecular formula is C11H16N4O2. The molecule has 0 radical (unpaired) electrons. The molecule has 17 heavy (non-hydrogen) atoms. The molecule has 1 aliphatic rings. The highest BCUT2D eigenvalue weighted by molar-refractivity contribution is 5.50. The molecule has 0 saturated carbocycles. The van der Waals surface area contributed by atoms with Gasteiger partial charge in [-0.25, -0.2) is 4.98 Å². The molecular weight excluding hydrogens is 220 g/mol. The van der Waals surface area contributed by atoms with Crippen LogP contribution < -0.4 is 10.6 Å². The highest BCUT2D eigenvalue weighted by atomic mass is 16.6. The van der Waals surface area contributed by atoms with Crippen LogP contribution >= 0.6 is 0 Å². The Kier molecular flexibility index (Phi) is 2.97. The van der Waals surface area contributed by atoms with E-state index in [-0.39, 0.29) is 16.1 Å². The Morgan fingerprint density at radius 2 is 2.41 bits per heavy atom. The number of nitrogens with one attached hydrogen (secondary N) is 2. The minimum absolute atomic E-state index is 0.0733. The Balaban J connectivity index is 2.22. The van der Waals surface area contributed by atoms with Gasteiger partial charge in [0, 0.05) is 23.8 Å². The Morgan fingerprint density at radius 3 is 3.00 bits per heavy atom. The fraction of sp³-hybridized carbons (Fsp3) is 0.545. The van der Waals surface area contributed by atoms with Crippen LogP contribution in [0.5, 0.6) is 0 Å². The van der Waals surface area contributed by atoms with Crippen molar-refractivity contribution in [2.24, 2.45) is 0 Å². The molecule has 0 bridgehead atoms. The lowest BCUT2D eigenvalue weighted by Gasteiger charge is -2.25. The molecule has 0 amide bonds. The second kappa shape index (κ2) is 4.29. The monoisotopic (exact) mass is 236 g/mol. The third kappa shape index (κ3) is 2.52. The van der Waals surface area contributed by atoms with Crippen molar-refractivity contribution in [1.82, 2.24) is 10.3 Å². The van der Waals surface area contributed by atoms with Crippen LogP contribution in [-0.2, 0) is 0 Å². The Hall–Kier alpha value is -1.69. The van der Waals surface area contributed by atoms with E-state index in [2.05, 4.69) is 22.5 Å². The summed E-state index contributed by atoms with van der Waals surface area (Å²) < 4.78 is 0. The molecule has 1 aromatic heterocycles. The summed E-state index contributed by atoms with van der Waals surface area (Å²) in [5.41, 5.74) is 0.614. The number of nitrogens with zero attached hydrogens (tertiary/aromatic N) is 2. The zero-order valence-electron chi connectivity index (χ0n) is 9.99. The molecule has 6 nitrogen and oxygen atoms in total. The molecule has 1 aromatic rings. The molecule has 0 aliphatic carbocycles. The molecule has 1 unspecified atom stereocenters. The quantitative estimate of drug-likeness (QED) is 0.613. The van der Waals surface area contributed by atoms with Gasteiger partial charge in [-0.15, -0.1) is 0 Å².